The highest BCUT2D eigenvalue weighted by atomic mass is 19.3. The molecule has 1 heterocycles. The molecule has 3 N–H and O–H groups in total. The van der Waals surface area contributed by atoms with E-state index in [-0.39, 0.29) is 13.0 Å². The van der Waals surface area contributed by atoms with Gasteiger partial charge in [-0.2, -0.15) is 0 Å². The minimum Gasteiger partial charge on any atom is -0.368 e. The smallest absolute Gasteiger partial charge is 0.251 e. The molecule has 1 fully saturated rings. The van der Waals surface area contributed by atoms with Crippen molar-refractivity contribution in [2.75, 3.05) is 6.54 Å². The highest BCUT2D eigenvalue weighted by Crippen LogP contribution is 2.26. The van der Waals surface area contributed by atoms with Gasteiger partial charge in [-0.05, 0) is 0 Å². The molecule has 0 saturated carbocycles. The third-order valence-electron chi connectivity index (χ3n) is 1.73. The molecule has 0 spiro atoms. The Morgan fingerprint density at radius 1 is 1.64 bits per heavy atom. The molecule has 0 aromatic heterocycles. The summed E-state index contributed by atoms with van der Waals surface area (Å²) in [6.07, 6.45) is -0.681. The predicted octanol–water partition coefficient (Wildman–Crippen LogP) is -0.141. The van der Waals surface area contributed by atoms with Crippen LogP contribution in [0.3, 0.4) is 0 Å². The Labute approximate surface area is 62.9 Å². The molecule has 0 aromatic rings. The van der Waals surface area contributed by atoms with Gasteiger partial charge in [0.05, 0.1) is 6.04 Å². The molecule has 64 valence electrons. The van der Waals surface area contributed by atoms with Gasteiger partial charge >= 0.3 is 0 Å². The largest absolute Gasteiger partial charge is 0.368 e. The third kappa shape index (κ3) is 2.11. The van der Waals surface area contributed by atoms with E-state index >= 15 is 0 Å². The van der Waals surface area contributed by atoms with Crippen molar-refractivity contribution in [2.24, 2.45) is 5.73 Å². The number of alkyl halides is 2. The fourth-order valence-corrected chi connectivity index (χ4v) is 1.10. The second-order valence-electron chi connectivity index (χ2n) is 2.72. The van der Waals surface area contributed by atoms with E-state index in [9.17, 15) is 13.6 Å². The molecule has 1 rings (SSSR count). The molecule has 1 saturated heterocycles. The Kier molecular flexibility index (Phi) is 2.08. The Bertz CT molecular complexity index is 172. The standard InChI is InChI=1S/C6H10F2N2O/c7-6(8)1-2-10-4(3-6)5(9)11/h4,10H,1-3H2,(H2,9,11). The summed E-state index contributed by atoms with van der Waals surface area (Å²) in [4.78, 5) is 10.5. The SMILES string of the molecule is NC(=O)C1CC(F)(F)CCN1. The molecule has 11 heavy (non-hydrogen) atoms. The number of rotatable bonds is 1. The lowest BCUT2D eigenvalue weighted by molar-refractivity contribution is -0.125. The van der Waals surface area contributed by atoms with E-state index in [4.69, 9.17) is 5.73 Å². The maximum Gasteiger partial charge on any atom is 0.251 e. The number of primary amides is 1. The zero-order chi connectivity index (χ0) is 8.48. The molecule has 0 aliphatic carbocycles. The van der Waals surface area contributed by atoms with Crippen molar-refractivity contribution in [1.29, 1.82) is 0 Å². The van der Waals surface area contributed by atoms with E-state index in [2.05, 4.69) is 5.32 Å². The minimum atomic E-state index is -2.73. The predicted molar refractivity (Wildman–Crippen MR) is 35.2 cm³/mol. The average Bonchev–Trinajstić information content (AvgIpc) is 1.85. The first-order valence-corrected chi connectivity index (χ1v) is 3.42. The van der Waals surface area contributed by atoms with Gasteiger partial charge in [0.2, 0.25) is 5.91 Å². The van der Waals surface area contributed by atoms with Gasteiger partial charge in [-0.1, -0.05) is 0 Å². The van der Waals surface area contributed by atoms with E-state index in [1.807, 2.05) is 0 Å². The van der Waals surface area contributed by atoms with Crippen molar-refractivity contribution in [3.05, 3.63) is 0 Å². The van der Waals surface area contributed by atoms with Crippen LogP contribution in [0.4, 0.5) is 8.78 Å². The van der Waals surface area contributed by atoms with Crippen molar-refractivity contribution in [2.45, 2.75) is 24.8 Å². The lowest BCUT2D eigenvalue weighted by atomic mass is 10.0. The van der Waals surface area contributed by atoms with Crippen LogP contribution in [0.15, 0.2) is 0 Å². The third-order valence-corrected chi connectivity index (χ3v) is 1.73. The summed E-state index contributed by atoms with van der Waals surface area (Å²) in [6.45, 7) is 0.153. The van der Waals surface area contributed by atoms with Gasteiger partial charge in [-0.15, -0.1) is 0 Å². The summed E-state index contributed by atoms with van der Waals surface area (Å²) in [7, 11) is 0. The lowest BCUT2D eigenvalue weighted by Crippen LogP contribution is -2.50. The van der Waals surface area contributed by atoms with E-state index in [0.29, 0.717) is 0 Å². The molecule has 0 aromatic carbocycles. The van der Waals surface area contributed by atoms with Crippen molar-refractivity contribution >= 4 is 5.91 Å². The summed E-state index contributed by atoms with van der Waals surface area (Å²) in [5.41, 5.74) is 4.85. The van der Waals surface area contributed by atoms with Crippen LogP contribution >= 0.6 is 0 Å². The first kappa shape index (κ1) is 8.39. The van der Waals surface area contributed by atoms with Gasteiger partial charge in [-0.25, -0.2) is 8.78 Å². The maximum absolute atomic E-state index is 12.6. The van der Waals surface area contributed by atoms with Gasteiger partial charge < -0.3 is 11.1 Å². The normalized spacial score (nSPS) is 29.8. The molecule has 3 nitrogen and oxygen atoms in total. The minimum absolute atomic E-state index is 0.153. The second kappa shape index (κ2) is 2.73. The van der Waals surface area contributed by atoms with Gasteiger partial charge in [-0.3, -0.25) is 4.79 Å². The summed E-state index contributed by atoms with van der Waals surface area (Å²) in [5.74, 6) is -3.44. The Balaban J connectivity index is 2.53. The molecule has 1 aliphatic heterocycles. The Hall–Kier alpha value is -0.710. The van der Waals surface area contributed by atoms with E-state index in [1.54, 1.807) is 0 Å². The molecule has 1 unspecified atom stereocenters. The van der Waals surface area contributed by atoms with Gasteiger partial charge in [0, 0.05) is 19.4 Å². The van der Waals surface area contributed by atoms with Crippen molar-refractivity contribution in [1.82, 2.24) is 5.32 Å². The monoisotopic (exact) mass is 164 g/mol. The summed E-state index contributed by atoms with van der Waals surface area (Å²) in [5, 5.41) is 2.62. The quantitative estimate of drug-likeness (QED) is 0.566. The lowest BCUT2D eigenvalue weighted by Gasteiger charge is -2.27. The number of hydrogen-bond acceptors (Lipinski definition) is 2. The molecule has 5 heteroatoms. The van der Waals surface area contributed by atoms with Crippen molar-refractivity contribution in [3.63, 3.8) is 0 Å². The number of halogens is 2. The Morgan fingerprint density at radius 3 is 2.64 bits per heavy atom. The van der Waals surface area contributed by atoms with Crippen LogP contribution in [-0.4, -0.2) is 24.4 Å². The highest BCUT2D eigenvalue weighted by Gasteiger charge is 2.38. The van der Waals surface area contributed by atoms with Crippen LogP contribution in [0.2, 0.25) is 0 Å². The van der Waals surface area contributed by atoms with Crippen LogP contribution in [0.25, 0.3) is 0 Å². The first-order valence-electron chi connectivity index (χ1n) is 3.42. The maximum atomic E-state index is 12.6. The molecule has 0 radical (unpaired) electrons. The summed E-state index contributed by atoms with van der Waals surface area (Å²) in [6, 6.07) is -0.862. The van der Waals surface area contributed by atoms with Crippen LogP contribution in [0, 0.1) is 0 Å². The average molecular weight is 164 g/mol. The number of amides is 1. The zero-order valence-electron chi connectivity index (χ0n) is 5.94. The molecule has 0 bridgehead atoms. The van der Waals surface area contributed by atoms with E-state index in [1.165, 1.54) is 0 Å². The van der Waals surface area contributed by atoms with Crippen LogP contribution < -0.4 is 11.1 Å². The van der Waals surface area contributed by atoms with Crippen LogP contribution in [0.5, 0.6) is 0 Å². The van der Waals surface area contributed by atoms with Crippen LogP contribution in [0.1, 0.15) is 12.8 Å². The number of nitrogens with two attached hydrogens (primary N) is 1. The van der Waals surface area contributed by atoms with Crippen molar-refractivity contribution in [3.8, 4) is 0 Å². The van der Waals surface area contributed by atoms with Gasteiger partial charge in [0.25, 0.3) is 5.92 Å². The molecule has 1 atom stereocenters. The summed E-state index contributed by atoms with van der Waals surface area (Å²) >= 11 is 0. The van der Waals surface area contributed by atoms with E-state index in [0.717, 1.165) is 0 Å². The zero-order valence-corrected chi connectivity index (χ0v) is 5.94. The topological polar surface area (TPSA) is 55.1 Å². The number of nitrogens with one attached hydrogen (secondary N) is 1. The van der Waals surface area contributed by atoms with Gasteiger partial charge in [0.15, 0.2) is 0 Å². The van der Waals surface area contributed by atoms with Gasteiger partial charge in [0.1, 0.15) is 0 Å². The number of carbonyl (C=O) groups excluding carboxylic acids is 1. The molecule has 1 amide bonds. The number of carbonyl (C=O) groups is 1. The highest BCUT2D eigenvalue weighted by molar-refractivity contribution is 5.80. The summed E-state index contributed by atoms with van der Waals surface area (Å²) < 4.78 is 25.1. The number of piperidine rings is 1. The number of hydrogen-bond donors (Lipinski definition) is 2. The molecule has 1 aliphatic rings. The first-order chi connectivity index (χ1) is 5.01. The second-order valence-corrected chi connectivity index (χ2v) is 2.72. The molecular formula is C6H10F2N2O. The fourth-order valence-electron chi connectivity index (χ4n) is 1.10. The Morgan fingerprint density at radius 2 is 2.27 bits per heavy atom. The van der Waals surface area contributed by atoms with E-state index < -0.39 is 24.3 Å². The van der Waals surface area contributed by atoms with Crippen LogP contribution in [-0.2, 0) is 4.79 Å². The van der Waals surface area contributed by atoms with Crippen molar-refractivity contribution < 1.29 is 13.6 Å². The molecular weight excluding hydrogens is 154 g/mol. The fraction of sp³-hybridized carbons (Fsp3) is 0.833.